The lowest BCUT2D eigenvalue weighted by Crippen LogP contribution is -2.15. The smallest absolute Gasteiger partial charge is 0.118 e. The van der Waals surface area contributed by atoms with Gasteiger partial charge in [-0.25, -0.2) is 0 Å². The highest BCUT2D eigenvalue weighted by Crippen LogP contribution is 2.31. The van der Waals surface area contributed by atoms with Crippen molar-refractivity contribution in [3.05, 3.63) is 119 Å². The Morgan fingerprint density at radius 3 is 0.784 bits per heavy atom. The highest BCUT2D eigenvalue weighted by Gasteiger charge is 2.19. The summed E-state index contributed by atoms with van der Waals surface area (Å²) in [5, 5.41) is 0. The van der Waals surface area contributed by atoms with Gasteiger partial charge in [-0.05, 0) is 70.8 Å². The van der Waals surface area contributed by atoms with Crippen LogP contribution < -0.4 is 18.9 Å². The normalized spacial score (nSPS) is 11.0. The van der Waals surface area contributed by atoms with Crippen molar-refractivity contribution in [3.8, 4) is 23.0 Å². The molecule has 4 aromatic carbocycles. The van der Waals surface area contributed by atoms with Gasteiger partial charge in [-0.3, -0.25) is 0 Å². The van der Waals surface area contributed by atoms with Gasteiger partial charge in [0.2, 0.25) is 0 Å². The highest BCUT2D eigenvalue weighted by molar-refractivity contribution is 5.40. The minimum atomic E-state index is 0.0594. The molecule has 0 aromatic heterocycles. The zero-order valence-corrected chi connectivity index (χ0v) is 21.8. The second kappa shape index (κ2) is 12.8. The minimum Gasteiger partial charge on any atom is -0.497 e. The molecule has 0 heterocycles. The molecule has 0 amide bonds. The van der Waals surface area contributed by atoms with Crippen LogP contribution in [-0.4, -0.2) is 41.7 Å². The van der Waals surface area contributed by atoms with Gasteiger partial charge in [-0.15, -0.1) is 0 Å². The fourth-order valence-electron chi connectivity index (χ4n) is 4.42. The number of hydrogen-bond acceptors (Lipinski definition) is 5. The van der Waals surface area contributed by atoms with Gasteiger partial charge in [0.05, 0.1) is 41.7 Å². The maximum atomic E-state index is 6.48. The zero-order chi connectivity index (χ0) is 26.0. The Hall–Kier alpha value is -3.96. The van der Waals surface area contributed by atoms with Gasteiger partial charge >= 0.3 is 0 Å². The van der Waals surface area contributed by atoms with Crippen LogP contribution in [0.5, 0.6) is 23.0 Å². The van der Waals surface area contributed by atoms with Crippen LogP contribution >= 0.6 is 0 Å². The van der Waals surface area contributed by atoms with Crippen LogP contribution in [0.15, 0.2) is 97.1 Å². The molecule has 0 aliphatic heterocycles. The average molecular weight is 499 g/mol. The van der Waals surface area contributed by atoms with E-state index >= 15 is 0 Å². The Bertz CT molecular complexity index is 1020. The van der Waals surface area contributed by atoms with Crippen molar-refractivity contribution in [2.45, 2.75) is 11.8 Å². The summed E-state index contributed by atoms with van der Waals surface area (Å²) in [4.78, 5) is 0. The lowest BCUT2D eigenvalue weighted by atomic mass is 9.90. The molecule has 0 atom stereocenters. The zero-order valence-electron chi connectivity index (χ0n) is 21.8. The van der Waals surface area contributed by atoms with Gasteiger partial charge in [0.25, 0.3) is 0 Å². The van der Waals surface area contributed by atoms with E-state index in [0.29, 0.717) is 13.2 Å². The van der Waals surface area contributed by atoms with Gasteiger partial charge in [-0.1, -0.05) is 48.5 Å². The highest BCUT2D eigenvalue weighted by atomic mass is 16.5. The summed E-state index contributed by atoms with van der Waals surface area (Å²) in [6, 6.07) is 32.7. The van der Waals surface area contributed by atoms with Crippen molar-refractivity contribution in [2.75, 3.05) is 41.7 Å². The fraction of sp³-hybridized carbons (Fsp3) is 0.250. The third kappa shape index (κ3) is 6.63. The summed E-state index contributed by atoms with van der Waals surface area (Å²) in [6.45, 7) is 1.06. The molecular weight excluding hydrogens is 464 g/mol. The van der Waals surface area contributed by atoms with E-state index in [4.69, 9.17) is 23.7 Å². The number of hydrogen-bond donors (Lipinski definition) is 0. The van der Waals surface area contributed by atoms with E-state index < -0.39 is 0 Å². The molecule has 192 valence electrons. The van der Waals surface area contributed by atoms with Crippen molar-refractivity contribution in [1.29, 1.82) is 0 Å². The number of benzene rings is 4. The lowest BCUT2D eigenvalue weighted by Gasteiger charge is -2.23. The van der Waals surface area contributed by atoms with E-state index in [1.54, 1.807) is 28.4 Å². The summed E-state index contributed by atoms with van der Waals surface area (Å²) in [5.41, 5.74) is 4.65. The van der Waals surface area contributed by atoms with Crippen LogP contribution in [0.25, 0.3) is 0 Å². The van der Waals surface area contributed by atoms with Crippen LogP contribution in [0, 0.1) is 0 Å². The quantitative estimate of drug-likeness (QED) is 0.217. The molecule has 0 bridgehead atoms. The largest absolute Gasteiger partial charge is 0.497 e. The van der Waals surface area contributed by atoms with Gasteiger partial charge in [0.1, 0.15) is 23.0 Å². The number of rotatable bonds is 12. The van der Waals surface area contributed by atoms with Gasteiger partial charge in [0.15, 0.2) is 0 Å². The average Bonchev–Trinajstić information content (AvgIpc) is 2.98. The monoisotopic (exact) mass is 498 g/mol. The topological polar surface area (TPSA) is 46.2 Å². The molecule has 0 aliphatic rings. The second-order valence-electron chi connectivity index (χ2n) is 8.74. The molecule has 0 unspecified atom stereocenters. The van der Waals surface area contributed by atoms with E-state index in [9.17, 15) is 0 Å². The van der Waals surface area contributed by atoms with Gasteiger partial charge in [0, 0.05) is 11.8 Å². The van der Waals surface area contributed by atoms with Crippen molar-refractivity contribution in [2.24, 2.45) is 0 Å². The number of ether oxygens (including phenoxy) is 5. The molecule has 0 saturated heterocycles. The first kappa shape index (κ1) is 26.1. The molecule has 0 spiro atoms. The molecule has 37 heavy (non-hydrogen) atoms. The van der Waals surface area contributed by atoms with Crippen molar-refractivity contribution < 1.29 is 23.7 Å². The van der Waals surface area contributed by atoms with E-state index in [2.05, 4.69) is 48.5 Å². The van der Waals surface area contributed by atoms with Crippen LogP contribution in [0.2, 0.25) is 0 Å². The van der Waals surface area contributed by atoms with Gasteiger partial charge in [-0.2, -0.15) is 0 Å². The molecule has 5 nitrogen and oxygen atoms in total. The summed E-state index contributed by atoms with van der Waals surface area (Å²) >= 11 is 0. The Morgan fingerprint density at radius 2 is 0.595 bits per heavy atom. The molecule has 4 aromatic rings. The Morgan fingerprint density at radius 1 is 0.378 bits per heavy atom. The van der Waals surface area contributed by atoms with Crippen LogP contribution in [-0.2, 0) is 4.74 Å². The van der Waals surface area contributed by atoms with E-state index in [-0.39, 0.29) is 11.8 Å². The Balaban J connectivity index is 1.58. The third-order valence-corrected chi connectivity index (χ3v) is 6.64. The van der Waals surface area contributed by atoms with E-state index in [0.717, 1.165) is 45.3 Å². The number of methoxy groups -OCH3 is 4. The molecule has 4 rings (SSSR count). The molecule has 0 N–H and O–H groups in total. The molecule has 0 radical (unpaired) electrons. The van der Waals surface area contributed by atoms with E-state index in [1.165, 1.54) is 0 Å². The predicted molar refractivity (Wildman–Crippen MR) is 146 cm³/mol. The van der Waals surface area contributed by atoms with Crippen LogP contribution in [0.4, 0.5) is 0 Å². The molecular formula is C32H34O5. The molecule has 5 heteroatoms. The first-order chi connectivity index (χ1) is 18.1. The summed E-state index contributed by atoms with van der Waals surface area (Å²) < 4.78 is 27.9. The van der Waals surface area contributed by atoms with Crippen LogP contribution in [0.3, 0.4) is 0 Å². The molecule has 0 fully saturated rings. The maximum Gasteiger partial charge on any atom is 0.118 e. The fourth-order valence-corrected chi connectivity index (χ4v) is 4.42. The lowest BCUT2D eigenvalue weighted by molar-refractivity contribution is 0.121. The second-order valence-corrected chi connectivity index (χ2v) is 8.74. The van der Waals surface area contributed by atoms with Crippen molar-refractivity contribution in [1.82, 2.24) is 0 Å². The maximum absolute atomic E-state index is 6.48. The minimum absolute atomic E-state index is 0.0594. The Kier molecular flexibility index (Phi) is 9.06. The summed E-state index contributed by atoms with van der Waals surface area (Å²) in [7, 11) is 6.71. The first-order valence-corrected chi connectivity index (χ1v) is 12.3. The molecule has 0 aliphatic carbocycles. The van der Waals surface area contributed by atoms with Gasteiger partial charge < -0.3 is 23.7 Å². The molecule has 0 saturated carbocycles. The first-order valence-electron chi connectivity index (χ1n) is 12.3. The summed E-state index contributed by atoms with van der Waals surface area (Å²) in [6.07, 6.45) is 0. The standard InChI is InChI=1S/C32H34O5/c1-33-27-13-5-23(6-14-27)31(24-7-15-28(34-2)16-8-24)21-37-22-32(25-9-17-29(35-3)18-10-25)26-11-19-30(36-4)20-12-26/h5-20,31-32H,21-22H2,1-4H3. The van der Waals surface area contributed by atoms with E-state index in [1.807, 2.05) is 48.5 Å². The van der Waals surface area contributed by atoms with Crippen LogP contribution in [0.1, 0.15) is 34.1 Å². The van der Waals surface area contributed by atoms with Crippen molar-refractivity contribution >= 4 is 0 Å². The van der Waals surface area contributed by atoms with Crippen molar-refractivity contribution in [3.63, 3.8) is 0 Å². The predicted octanol–water partition coefficient (Wildman–Crippen LogP) is 6.70. The summed E-state index contributed by atoms with van der Waals surface area (Å²) in [5.74, 6) is 3.44. The SMILES string of the molecule is COc1ccc(C(COCC(c2ccc(OC)cc2)c2ccc(OC)cc2)c2ccc(OC)cc2)cc1. The third-order valence-electron chi connectivity index (χ3n) is 6.64. The Labute approximate surface area is 219 Å².